The van der Waals surface area contributed by atoms with Crippen LogP contribution in [0.4, 0.5) is 5.69 Å². The summed E-state index contributed by atoms with van der Waals surface area (Å²) in [5, 5.41) is 12.8. The second-order valence-corrected chi connectivity index (χ2v) is 7.36. The molecule has 6 nitrogen and oxygen atoms in total. The predicted molar refractivity (Wildman–Crippen MR) is 81.6 cm³/mol. The second-order valence-electron chi connectivity index (χ2n) is 5.45. The third-order valence-corrected chi connectivity index (χ3v) is 5.73. The number of hydrogen-bond acceptors (Lipinski definition) is 5. The quantitative estimate of drug-likeness (QED) is 0.827. The number of pyridine rings is 1. The Balaban J connectivity index is 2.24. The van der Waals surface area contributed by atoms with Crippen molar-refractivity contribution in [1.82, 2.24) is 9.29 Å². The van der Waals surface area contributed by atoms with Gasteiger partial charge in [0.05, 0.1) is 11.8 Å². The van der Waals surface area contributed by atoms with Gasteiger partial charge in [0, 0.05) is 32.0 Å². The second kappa shape index (κ2) is 6.72. The van der Waals surface area contributed by atoms with Crippen molar-refractivity contribution in [2.24, 2.45) is 5.92 Å². The summed E-state index contributed by atoms with van der Waals surface area (Å²) >= 11 is 0. The van der Waals surface area contributed by atoms with Gasteiger partial charge in [-0.1, -0.05) is 6.92 Å². The van der Waals surface area contributed by atoms with Crippen molar-refractivity contribution in [2.75, 3.05) is 25.0 Å². The van der Waals surface area contributed by atoms with Crippen molar-refractivity contribution < 1.29 is 13.5 Å². The maximum Gasteiger partial charge on any atom is 0.246 e. The molecule has 0 radical (unpaired) electrons. The molecule has 2 N–H and O–H groups in total. The molecule has 2 unspecified atom stereocenters. The van der Waals surface area contributed by atoms with Crippen LogP contribution in [0.5, 0.6) is 0 Å². The van der Waals surface area contributed by atoms with E-state index in [1.165, 1.54) is 10.5 Å². The molecule has 2 heterocycles. The van der Waals surface area contributed by atoms with Crippen molar-refractivity contribution >= 4 is 15.7 Å². The van der Waals surface area contributed by atoms with Gasteiger partial charge in [0.25, 0.3) is 0 Å². The van der Waals surface area contributed by atoms with Gasteiger partial charge in [-0.2, -0.15) is 4.31 Å². The molecular formula is C14H23N3O3S. The predicted octanol–water partition coefficient (Wildman–Crippen LogP) is 1.29. The van der Waals surface area contributed by atoms with Crippen molar-refractivity contribution in [1.29, 1.82) is 0 Å². The summed E-state index contributed by atoms with van der Waals surface area (Å²) in [7, 11) is -3.57. The summed E-state index contributed by atoms with van der Waals surface area (Å²) in [6.45, 7) is 5.25. The highest BCUT2D eigenvalue weighted by Gasteiger charge is 2.35. The number of nitrogens with zero attached hydrogens (tertiary/aromatic N) is 2. The molecular weight excluding hydrogens is 290 g/mol. The minimum Gasteiger partial charge on any atom is -0.393 e. The summed E-state index contributed by atoms with van der Waals surface area (Å²) in [6.07, 6.45) is 4.09. The van der Waals surface area contributed by atoms with Crippen molar-refractivity contribution in [2.45, 2.75) is 37.7 Å². The van der Waals surface area contributed by atoms with Crippen LogP contribution >= 0.6 is 0 Å². The van der Waals surface area contributed by atoms with Gasteiger partial charge in [-0.3, -0.25) is 4.98 Å². The minimum atomic E-state index is -3.57. The standard InChI is InChI=1S/C14H23N3O3S/c1-3-6-16-13-4-7-15-9-14(13)21(19,20)17-8-5-12(10-17)11(2)18/h4,7,9,11-12,18H,3,5-6,8,10H2,1-2H3,(H,15,16). The van der Waals surface area contributed by atoms with Gasteiger partial charge >= 0.3 is 0 Å². The number of rotatable bonds is 6. The molecule has 2 rings (SSSR count). The number of hydrogen-bond donors (Lipinski definition) is 2. The smallest absolute Gasteiger partial charge is 0.246 e. The Labute approximate surface area is 126 Å². The highest BCUT2D eigenvalue weighted by molar-refractivity contribution is 7.89. The Morgan fingerprint density at radius 1 is 1.57 bits per heavy atom. The average Bonchev–Trinajstić information content (AvgIpc) is 2.96. The molecule has 21 heavy (non-hydrogen) atoms. The molecule has 1 aliphatic heterocycles. The van der Waals surface area contributed by atoms with Gasteiger partial charge in [-0.15, -0.1) is 0 Å². The molecule has 2 atom stereocenters. The van der Waals surface area contributed by atoms with Crippen LogP contribution in [0.1, 0.15) is 26.7 Å². The fourth-order valence-corrected chi connectivity index (χ4v) is 4.12. The fraction of sp³-hybridized carbons (Fsp3) is 0.643. The van der Waals surface area contributed by atoms with E-state index < -0.39 is 16.1 Å². The van der Waals surface area contributed by atoms with Crippen molar-refractivity contribution in [3.63, 3.8) is 0 Å². The lowest BCUT2D eigenvalue weighted by Crippen LogP contribution is -2.31. The zero-order valence-corrected chi connectivity index (χ0v) is 13.3. The molecule has 1 fully saturated rings. The Bertz CT molecular complexity index is 575. The maximum atomic E-state index is 12.8. The Morgan fingerprint density at radius 2 is 2.33 bits per heavy atom. The molecule has 0 spiro atoms. The van der Waals surface area contributed by atoms with Crippen molar-refractivity contribution in [3.05, 3.63) is 18.5 Å². The van der Waals surface area contributed by atoms with Crippen LogP contribution in [0.2, 0.25) is 0 Å². The Kier molecular flexibility index (Phi) is 5.18. The molecule has 118 valence electrons. The fourth-order valence-electron chi connectivity index (χ4n) is 2.50. The molecule has 0 aromatic carbocycles. The molecule has 0 saturated carbocycles. The normalized spacial score (nSPS) is 21.4. The number of aromatic nitrogens is 1. The van der Waals surface area contributed by atoms with E-state index in [9.17, 15) is 13.5 Å². The van der Waals surface area contributed by atoms with E-state index in [4.69, 9.17) is 0 Å². The van der Waals surface area contributed by atoms with Gasteiger partial charge in [0.2, 0.25) is 10.0 Å². The lowest BCUT2D eigenvalue weighted by atomic mass is 10.0. The lowest BCUT2D eigenvalue weighted by Gasteiger charge is -2.19. The third-order valence-electron chi connectivity index (χ3n) is 3.84. The zero-order chi connectivity index (χ0) is 15.5. The van der Waals surface area contributed by atoms with Gasteiger partial charge in [-0.05, 0) is 31.7 Å². The highest BCUT2D eigenvalue weighted by Crippen LogP contribution is 2.29. The van der Waals surface area contributed by atoms with Gasteiger partial charge in [0.15, 0.2) is 0 Å². The van der Waals surface area contributed by atoms with Crippen LogP contribution in [0.3, 0.4) is 0 Å². The maximum absolute atomic E-state index is 12.8. The van der Waals surface area contributed by atoms with Crippen LogP contribution in [-0.2, 0) is 10.0 Å². The molecule has 1 aromatic rings. The van der Waals surface area contributed by atoms with Crippen LogP contribution in [0, 0.1) is 5.92 Å². The first-order valence-corrected chi connectivity index (χ1v) is 8.77. The molecule has 0 amide bonds. The largest absolute Gasteiger partial charge is 0.393 e. The van der Waals surface area contributed by atoms with Crippen molar-refractivity contribution in [3.8, 4) is 0 Å². The summed E-state index contributed by atoms with van der Waals surface area (Å²) in [5.41, 5.74) is 0.590. The summed E-state index contributed by atoms with van der Waals surface area (Å²) in [6, 6.07) is 1.69. The van der Waals surface area contributed by atoms with E-state index in [-0.39, 0.29) is 10.8 Å². The molecule has 1 saturated heterocycles. The van der Waals surface area contributed by atoms with Gasteiger partial charge in [0.1, 0.15) is 4.90 Å². The minimum absolute atomic E-state index is 0.00324. The molecule has 0 bridgehead atoms. The SMILES string of the molecule is CCCNc1ccncc1S(=O)(=O)N1CCC(C(C)O)C1. The van der Waals surface area contributed by atoms with Crippen LogP contribution in [0.25, 0.3) is 0 Å². The van der Waals surface area contributed by atoms with Gasteiger partial charge < -0.3 is 10.4 Å². The molecule has 7 heteroatoms. The van der Waals surface area contributed by atoms with Crippen LogP contribution in [0.15, 0.2) is 23.4 Å². The average molecular weight is 313 g/mol. The Hall–Kier alpha value is -1.18. The molecule has 1 aromatic heterocycles. The first-order valence-electron chi connectivity index (χ1n) is 7.33. The number of sulfonamides is 1. The Morgan fingerprint density at radius 3 is 2.95 bits per heavy atom. The zero-order valence-electron chi connectivity index (χ0n) is 12.5. The first kappa shape index (κ1) is 16.2. The van der Waals surface area contributed by atoms with Gasteiger partial charge in [-0.25, -0.2) is 8.42 Å². The monoisotopic (exact) mass is 313 g/mol. The molecule has 0 aliphatic carbocycles. The number of aliphatic hydroxyl groups is 1. The highest BCUT2D eigenvalue weighted by atomic mass is 32.2. The summed E-state index contributed by atoms with van der Waals surface area (Å²) in [5.74, 6) is 0.00324. The number of aliphatic hydroxyl groups excluding tert-OH is 1. The first-order chi connectivity index (χ1) is 9.96. The summed E-state index contributed by atoms with van der Waals surface area (Å²) < 4.78 is 26.9. The van der Waals surface area contributed by atoms with E-state index in [1.807, 2.05) is 6.92 Å². The third kappa shape index (κ3) is 3.53. The lowest BCUT2D eigenvalue weighted by molar-refractivity contribution is 0.133. The summed E-state index contributed by atoms with van der Waals surface area (Å²) in [4.78, 5) is 4.16. The van der Waals surface area contributed by atoms with Crippen LogP contribution in [-0.4, -0.2) is 48.6 Å². The number of nitrogens with one attached hydrogen (secondary N) is 1. The van der Waals surface area contributed by atoms with E-state index in [1.54, 1.807) is 19.2 Å². The number of anilines is 1. The van der Waals surface area contributed by atoms with Crippen LogP contribution < -0.4 is 5.32 Å². The van der Waals surface area contributed by atoms with E-state index >= 15 is 0 Å². The topological polar surface area (TPSA) is 82.5 Å². The van der Waals surface area contributed by atoms with E-state index in [0.29, 0.717) is 31.7 Å². The van der Waals surface area contributed by atoms with E-state index in [2.05, 4.69) is 10.3 Å². The molecule has 1 aliphatic rings. The van der Waals surface area contributed by atoms with E-state index in [0.717, 1.165) is 6.42 Å².